The number of hydrogen-bond donors (Lipinski definition) is 0. The van der Waals surface area contributed by atoms with Crippen LogP contribution in [-0.4, -0.2) is 39.1 Å². The maximum atomic E-state index is 13.9. The molecule has 174 valence electrons. The van der Waals surface area contributed by atoms with Crippen LogP contribution in [0.3, 0.4) is 0 Å². The molecule has 1 aliphatic rings. The van der Waals surface area contributed by atoms with Crippen LogP contribution in [0.2, 0.25) is 0 Å². The highest BCUT2D eigenvalue weighted by molar-refractivity contribution is 6.46. The molecule has 6 heteroatoms. The Morgan fingerprint density at radius 2 is 1.47 bits per heavy atom. The lowest BCUT2D eigenvalue weighted by molar-refractivity contribution is -0.120. The Kier molecular flexibility index (Phi) is 6.68. The van der Waals surface area contributed by atoms with Crippen LogP contribution in [0.5, 0.6) is 5.75 Å². The van der Waals surface area contributed by atoms with Gasteiger partial charge in [-0.2, -0.15) is 0 Å². The van der Waals surface area contributed by atoms with Gasteiger partial charge in [0, 0.05) is 32.0 Å². The van der Waals surface area contributed by atoms with E-state index in [2.05, 4.69) is 0 Å². The zero-order chi connectivity index (χ0) is 24.2. The minimum atomic E-state index is -0.338. The Labute approximate surface area is 200 Å². The van der Waals surface area contributed by atoms with Gasteiger partial charge < -0.3 is 14.5 Å². The molecular weight excluding hydrogens is 426 g/mol. The van der Waals surface area contributed by atoms with Crippen molar-refractivity contribution < 1.29 is 14.3 Å². The second-order valence-electron chi connectivity index (χ2n) is 8.12. The number of hydrogen-bond acceptors (Lipinski definition) is 5. The highest BCUT2D eigenvalue weighted by atomic mass is 16.5. The summed E-state index contributed by atoms with van der Waals surface area (Å²) in [6.45, 7) is 4.98. The summed E-state index contributed by atoms with van der Waals surface area (Å²) in [5, 5.41) is 0. The van der Waals surface area contributed by atoms with E-state index < -0.39 is 0 Å². The molecule has 1 heterocycles. The third-order valence-corrected chi connectivity index (χ3v) is 5.77. The fourth-order valence-electron chi connectivity index (χ4n) is 4.14. The molecule has 0 fully saturated rings. The predicted octanol–water partition coefficient (Wildman–Crippen LogP) is 4.96. The van der Waals surface area contributed by atoms with E-state index in [1.54, 1.807) is 6.07 Å². The fourth-order valence-corrected chi connectivity index (χ4v) is 4.14. The first-order chi connectivity index (χ1) is 16.5. The second-order valence-corrected chi connectivity index (χ2v) is 8.12. The van der Waals surface area contributed by atoms with E-state index in [9.17, 15) is 9.59 Å². The fraction of sp³-hybridized carbons (Fsp3) is 0.214. The Hall–Kier alpha value is -4.06. The van der Waals surface area contributed by atoms with E-state index in [-0.39, 0.29) is 11.8 Å². The minimum Gasteiger partial charge on any atom is -0.494 e. The van der Waals surface area contributed by atoms with Gasteiger partial charge in [0.15, 0.2) is 0 Å². The van der Waals surface area contributed by atoms with Crippen LogP contribution in [-0.2, 0) is 9.59 Å². The van der Waals surface area contributed by atoms with Crippen molar-refractivity contribution >= 4 is 34.4 Å². The van der Waals surface area contributed by atoms with Crippen molar-refractivity contribution in [2.24, 2.45) is 0 Å². The summed E-state index contributed by atoms with van der Waals surface area (Å²) < 4.78 is 5.57. The topological polar surface area (TPSA) is 53.1 Å². The monoisotopic (exact) mass is 455 g/mol. The molecule has 0 bridgehead atoms. The maximum absolute atomic E-state index is 13.9. The zero-order valence-electron chi connectivity index (χ0n) is 20.0. The zero-order valence-corrected chi connectivity index (χ0v) is 20.0. The summed E-state index contributed by atoms with van der Waals surface area (Å²) in [5.74, 6) is 0.0426. The van der Waals surface area contributed by atoms with Gasteiger partial charge in [-0.1, -0.05) is 36.4 Å². The summed E-state index contributed by atoms with van der Waals surface area (Å²) >= 11 is 0. The summed E-state index contributed by atoms with van der Waals surface area (Å²) in [6.07, 6.45) is 0. The van der Waals surface area contributed by atoms with Crippen molar-refractivity contribution in [1.29, 1.82) is 0 Å². The summed E-state index contributed by atoms with van der Waals surface area (Å²) in [6, 6.07) is 24.4. The lowest BCUT2D eigenvalue weighted by Crippen LogP contribution is -2.35. The number of nitrogens with zero attached hydrogens (tertiary/aromatic N) is 3. The van der Waals surface area contributed by atoms with Crippen LogP contribution in [0.25, 0.3) is 5.57 Å². The molecule has 0 atom stereocenters. The minimum absolute atomic E-state index is 0.338. The second kappa shape index (κ2) is 9.83. The number of likely N-dealkylation sites (N-methyl/N-ethyl adjacent to an activating group) is 1. The van der Waals surface area contributed by atoms with Gasteiger partial charge in [-0.15, -0.1) is 0 Å². The first kappa shape index (κ1) is 23.1. The number of rotatable bonds is 8. The van der Waals surface area contributed by atoms with Crippen molar-refractivity contribution in [3.8, 4) is 5.75 Å². The van der Waals surface area contributed by atoms with Crippen LogP contribution in [0.4, 0.5) is 17.1 Å². The molecule has 0 spiro atoms. The van der Waals surface area contributed by atoms with Crippen LogP contribution < -0.4 is 19.4 Å². The van der Waals surface area contributed by atoms with Crippen molar-refractivity contribution in [3.63, 3.8) is 0 Å². The van der Waals surface area contributed by atoms with E-state index in [0.29, 0.717) is 35.7 Å². The summed E-state index contributed by atoms with van der Waals surface area (Å²) in [7, 11) is 3.85. The standard InChI is InChI=1S/C28H29N3O3/c1-5-30(21-11-8-7-9-12-21)26-25(20-15-17-24(18-16-20)34-6-2)27(32)31(28(26)33)23-14-10-13-22(19-23)29(3)4/h7-19H,5-6H2,1-4H3. The number of para-hydroxylation sites is 1. The van der Waals surface area contributed by atoms with Gasteiger partial charge in [-0.3, -0.25) is 9.59 Å². The third kappa shape index (κ3) is 4.27. The smallest absolute Gasteiger partial charge is 0.282 e. The first-order valence-corrected chi connectivity index (χ1v) is 11.4. The number of imide groups is 1. The largest absolute Gasteiger partial charge is 0.494 e. The average Bonchev–Trinajstić information content (AvgIpc) is 3.11. The number of amides is 2. The van der Waals surface area contributed by atoms with Gasteiger partial charge in [0.1, 0.15) is 11.4 Å². The summed E-state index contributed by atoms with van der Waals surface area (Å²) in [4.78, 5) is 32.9. The van der Waals surface area contributed by atoms with Gasteiger partial charge >= 0.3 is 0 Å². The summed E-state index contributed by atoms with van der Waals surface area (Å²) in [5.41, 5.74) is 3.74. The Morgan fingerprint density at radius 1 is 0.794 bits per heavy atom. The van der Waals surface area contributed by atoms with Gasteiger partial charge in [0.25, 0.3) is 11.8 Å². The molecule has 3 aromatic carbocycles. The molecule has 4 rings (SSSR count). The van der Waals surface area contributed by atoms with E-state index in [4.69, 9.17) is 4.74 Å². The lowest BCUT2D eigenvalue weighted by Gasteiger charge is -2.25. The molecule has 0 saturated carbocycles. The first-order valence-electron chi connectivity index (χ1n) is 11.4. The van der Waals surface area contributed by atoms with Crippen LogP contribution in [0.1, 0.15) is 19.4 Å². The molecule has 0 saturated heterocycles. The number of ether oxygens (including phenoxy) is 1. The Balaban J connectivity index is 1.86. The molecule has 34 heavy (non-hydrogen) atoms. The highest BCUT2D eigenvalue weighted by Crippen LogP contribution is 2.37. The number of carbonyl (C=O) groups excluding carboxylic acids is 2. The van der Waals surface area contributed by atoms with Crippen LogP contribution in [0.15, 0.2) is 84.6 Å². The lowest BCUT2D eigenvalue weighted by atomic mass is 10.0. The van der Waals surface area contributed by atoms with E-state index in [1.165, 1.54) is 4.90 Å². The maximum Gasteiger partial charge on any atom is 0.282 e. The molecule has 1 aliphatic heterocycles. The SMILES string of the molecule is CCOc1ccc(C2=C(N(CC)c3ccccc3)C(=O)N(c3cccc(N(C)C)c3)C2=O)cc1. The predicted molar refractivity (Wildman–Crippen MR) is 137 cm³/mol. The molecular formula is C28H29N3O3. The van der Waals surface area contributed by atoms with Gasteiger partial charge in [0.05, 0.1) is 17.9 Å². The molecule has 0 radical (unpaired) electrons. The quantitative estimate of drug-likeness (QED) is 0.449. The molecule has 0 aliphatic carbocycles. The molecule has 0 N–H and O–H groups in total. The number of carbonyl (C=O) groups is 2. The van der Waals surface area contributed by atoms with Crippen molar-refractivity contribution in [2.45, 2.75) is 13.8 Å². The number of benzene rings is 3. The van der Waals surface area contributed by atoms with Crippen LogP contribution in [0, 0.1) is 0 Å². The van der Waals surface area contributed by atoms with Crippen molar-refractivity contribution in [3.05, 3.63) is 90.1 Å². The molecule has 0 aromatic heterocycles. The van der Waals surface area contributed by atoms with Gasteiger partial charge in [-0.25, -0.2) is 4.90 Å². The van der Waals surface area contributed by atoms with Crippen LogP contribution >= 0.6 is 0 Å². The number of anilines is 3. The van der Waals surface area contributed by atoms with E-state index >= 15 is 0 Å². The van der Waals surface area contributed by atoms with E-state index in [0.717, 1.165) is 17.1 Å². The van der Waals surface area contributed by atoms with Gasteiger partial charge in [-0.05, 0) is 61.9 Å². The van der Waals surface area contributed by atoms with E-state index in [1.807, 2.05) is 111 Å². The highest BCUT2D eigenvalue weighted by Gasteiger charge is 2.42. The Bertz CT molecular complexity index is 1220. The van der Waals surface area contributed by atoms with Crippen molar-refractivity contribution in [2.75, 3.05) is 41.9 Å². The van der Waals surface area contributed by atoms with Crippen molar-refractivity contribution in [1.82, 2.24) is 0 Å². The molecule has 3 aromatic rings. The average molecular weight is 456 g/mol. The Morgan fingerprint density at radius 3 is 2.09 bits per heavy atom. The van der Waals surface area contributed by atoms with Gasteiger partial charge in [0.2, 0.25) is 0 Å². The molecule has 0 unspecified atom stereocenters. The molecule has 6 nitrogen and oxygen atoms in total. The third-order valence-electron chi connectivity index (χ3n) is 5.77. The normalized spacial score (nSPS) is 13.5. The molecule has 2 amide bonds.